The minimum Gasteiger partial charge on any atom is -0.494 e. The largest absolute Gasteiger partial charge is 1.00 e. The second-order valence-electron chi connectivity index (χ2n) is 2.79. The molecule has 0 aliphatic rings. The molecule has 0 aliphatic heterocycles. The molecule has 0 N–H and O–H groups in total. The van der Waals surface area contributed by atoms with E-state index in [0.717, 1.165) is 0 Å². The standard InChI is InChI=1S/C8H7BF5O.K/c1-2-15-8-5(9(12,13)14)3-4-6(10)7(8)11;/h3-4H,2H2,1H3;/q-1;+1. The number of halogens is 5. The SMILES string of the molecule is CCOc1c([B-](F)(F)F)ccc(F)c1F.[K+]. The second-order valence-corrected chi connectivity index (χ2v) is 2.79. The van der Waals surface area contributed by atoms with Gasteiger partial charge in [0.2, 0.25) is 0 Å². The summed E-state index contributed by atoms with van der Waals surface area (Å²) in [6.45, 7) is -4.19. The van der Waals surface area contributed by atoms with Crippen molar-refractivity contribution in [3.63, 3.8) is 0 Å². The quantitative estimate of drug-likeness (QED) is 0.524. The molecule has 1 aromatic rings. The van der Waals surface area contributed by atoms with E-state index in [2.05, 4.69) is 4.74 Å². The molecule has 8 heteroatoms. The normalized spacial score (nSPS) is 10.9. The maximum atomic E-state index is 13.0. The molecule has 0 radical (unpaired) electrons. The summed E-state index contributed by atoms with van der Waals surface area (Å²) in [7, 11) is 0. The Labute approximate surface area is 132 Å². The van der Waals surface area contributed by atoms with Crippen molar-refractivity contribution in [3.05, 3.63) is 23.8 Å². The predicted molar refractivity (Wildman–Crippen MR) is 46.2 cm³/mol. The van der Waals surface area contributed by atoms with Gasteiger partial charge < -0.3 is 17.7 Å². The Morgan fingerprint density at radius 3 is 2.19 bits per heavy atom. The summed E-state index contributed by atoms with van der Waals surface area (Å²) in [6.07, 6.45) is 0. The fraction of sp³-hybridized carbons (Fsp3) is 0.250. The fourth-order valence-electron chi connectivity index (χ4n) is 1.10. The fourth-order valence-corrected chi connectivity index (χ4v) is 1.10. The number of benzene rings is 1. The topological polar surface area (TPSA) is 9.23 Å². The molecule has 0 amide bonds. The molecule has 0 heterocycles. The Balaban J connectivity index is 0.00000225. The molecule has 0 saturated carbocycles. The van der Waals surface area contributed by atoms with Crippen LogP contribution in [0.4, 0.5) is 21.7 Å². The zero-order chi connectivity index (χ0) is 11.6. The van der Waals surface area contributed by atoms with Gasteiger partial charge in [0.1, 0.15) is 5.75 Å². The Kier molecular flexibility index (Phi) is 6.49. The van der Waals surface area contributed by atoms with Crippen LogP contribution in [0.25, 0.3) is 0 Å². The summed E-state index contributed by atoms with van der Waals surface area (Å²) in [5, 5.41) is 0. The smallest absolute Gasteiger partial charge is 0.494 e. The molecule has 0 saturated heterocycles. The van der Waals surface area contributed by atoms with Crippen LogP contribution in [0.15, 0.2) is 12.1 Å². The first-order valence-electron chi connectivity index (χ1n) is 4.18. The number of hydrogen-bond acceptors (Lipinski definition) is 1. The van der Waals surface area contributed by atoms with E-state index in [4.69, 9.17) is 0 Å². The summed E-state index contributed by atoms with van der Waals surface area (Å²) >= 11 is 0. The van der Waals surface area contributed by atoms with Crippen LogP contribution >= 0.6 is 0 Å². The Morgan fingerprint density at radius 1 is 1.19 bits per heavy atom. The summed E-state index contributed by atoms with van der Waals surface area (Å²) in [5.41, 5.74) is -1.25. The van der Waals surface area contributed by atoms with Crippen LogP contribution in [0.3, 0.4) is 0 Å². The molecule has 0 aliphatic carbocycles. The first-order valence-corrected chi connectivity index (χ1v) is 4.18. The second kappa shape index (κ2) is 6.34. The molecular weight excluding hydrogens is 257 g/mol. The average molecular weight is 264 g/mol. The van der Waals surface area contributed by atoms with Crippen molar-refractivity contribution >= 4 is 12.4 Å². The summed E-state index contributed by atoms with van der Waals surface area (Å²) in [4.78, 5) is 0. The van der Waals surface area contributed by atoms with Crippen LogP contribution < -0.4 is 61.6 Å². The van der Waals surface area contributed by atoms with Crippen LogP contribution in [0.1, 0.15) is 6.92 Å². The van der Waals surface area contributed by atoms with Crippen molar-refractivity contribution < 1.29 is 77.8 Å². The van der Waals surface area contributed by atoms with E-state index in [0.29, 0.717) is 12.1 Å². The van der Waals surface area contributed by atoms with Gasteiger partial charge in [-0.05, 0) is 13.0 Å². The maximum Gasteiger partial charge on any atom is 1.00 e. The van der Waals surface area contributed by atoms with Gasteiger partial charge in [-0.1, -0.05) is 11.5 Å². The third kappa shape index (κ3) is 3.69. The van der Waals surface area contributed by atoms with Crippen LogP contribution in [-0.4, -0.2) is 13.6 Å². The van der Waals surface area contributed by atoms with Gasteiger partial charge in [0.15, 0.2) is 11.6 Å². The zero-order valence-corrected chi connectivity index (χ0v) is 11.9. The first kappa shape index (κ1) is 16.4. The minimum absolute atomic E-state index is 0. The molecule has 0 atom stereocenters. The van der Waals surface area contributed by atoms with Gasteiger partial charge in [0.25, 0.3) is 0 Å². The number of hydrogen-bond donors (Lipinski definition) is 0. The Hall–Kier alpha value is 0.371. The van der Waals surface area contributed by atoms with Gasteiger partial charge in [0, 0.05) is 0 Å². The van der Waals surface area contributed by atoms with Crippen LogP contribution in [-0.2, 0) is 0 Å². The summed E-state index contributed by atoms with van der Waals surface area (Å²) in [5.74, 6) is -4.03. The van der Waals surface area contributed by atoms with E-state index >= 15 is 0 Å². The van der Waals surface area contributed by atoms with Gasteiger partial charge in [0.05, 0.1) is 6.61 Å². The molecule has 16 heavy (non-hydrogen) atoms. The third-order valence-electron chi connectivity index (χ3n) is 1.72. The van der Waals surface area contributed by atoms with E-state index < -0.39 is 29.8 Å². The van der Waals surface area contributed by atoms with E-state index in [1.54, 1.807) is 0 Å². The zero-order valence-electron chi connectivity index (χ0n) is 8.74. The average Bonchev–Trinajstić information content (AvgIpc) is 2.11. The van der Waals surface area contributed by atoms with E-state index in [1.165, 1.54) is 6.92 Å². The first-order chi connectivity index (χ1) is 6.88. The molecule has 0 aromatic heterocycles. The monoisotopic (exact) mass is 264 g/mol. The molecule has 1 rings (SSSR count). The minimum atomic E-state index is -5.41. The maximum absolute atomic E-state index is 13.0. The molecule has 0 unspecified atom stereocenters. The molecule has 0 bridgehead atoms. The van der Waals surface area contributed by atoms with Crippen LogP contribution in [0.5, 0.6) is 5.75 Å². The number of ether oxygens (including phenoxy) is 1. The van der Waals surface area contributed by atoms with E-state index in [1.807, 2.05) is 0 Å². The third-order valence-corrected chi connectivity index (χ3v) is 1.72. The van der Waals surface area contributed by atoms with Crippen LogP contribution in [0, 0.1) is 11.6 Å². The molecular formula is C8H7BF5KO. The summed E-state index contributed by atoms with van der Waals surface area (Å²) in [6, 6.07) is 0.909. The van der Waals surface area contributed by atoms with Gasteiger partial charge in [-0.2, -0.15) is 4.39 Å². The van der Waals surface area contributed by atoms with Gasteiger partial charge in [-0.3, -0.25) is 0 Å². The molecule has 1 aromatic carbocycles. The van der Waals surface area contributed by atoms with Crippen molar-refractivity contribution in [2.45, 2.75) is 6.92 Å². The van der Waals surface area contributed by atoms with Crippen molar-refractivity contribution in [2.24, 2.45) is 0 Å². The van der Waals surface area contributed by atoms with Crippen molar-refractivity contribution in [2.75, 3.05) is 6.61 Å². The van der Waals surface area contributed by atoms with Crippen LogP contribution in [0.2, 0.25) is 0 Å². The molecule has 0 spiro atoms. The van der Waals surface area contributed by atoms with Gasteiger partial charge in [-0.25, -0.2) is 4.39 Å². The van der Waals surface area contributed by atoms with Crippen molar-refractivity contribution in [1.29, 1.82) is 0 Å². The molecule has 84 valence electrons. The Morgan fingerprint density at radius 2 is 1.75 bits per heavy atom. The van der Waals surface area contributed by atoms with Gasteiger partial charge >= 0.3 is 58.4 Å². The van der Waals surface area contributed by atoms with Gasteiger partial charge in [-0.15, -0.1) is 0 Å². The molecule has 0 fully saturated rings. The number of rotatable bonds is 3. The Bertz CT molecular complexity index is 368. The summed E-state index contributed by atoms with van der Waals surface area (Å²) < 4.78 is 67.2. The van der Waals surface area contributed by atoms with E-state index in [-0.39, 0.29) is 58.0 Å². The van der Waals surface area contributed by atoms with E-state index in [9.17, 15) is 21.7 Å². The van der Waals surface area contributed by atoms with Crippen molar-refractivity contribution in [1.82, 2.24) is 0 Å². The van der Waals surface area contributed by atoms with Crippen molar-refractivity contribution in [3.8, 4) is 5.75 Å². The predicted octanol–water partition coefficient (Wildman–Crippen LogP) is -0.578. The molecule has 1 nitrogen and oxygen atoms in total.